The van der Waals surface area contributed by atoms with Crippen LogP contribution in [0.3, 0.4) is 0 Å². The van der Waals surface area contributed by atoms with Gasteiger partial charge in [0, 0.05) is 18.6 Å². The van der Waals surface area contributed by atoms with Gasteiger partial charge in [0.15, 0.2) is 0 Å². The molecule has 0 unspecified atom stereocenters. The van der Waals surface area contributed by atoms with Crippen molar-refractivity contribution in [2.24, 2.45) is 0 Å². The number of rotatable bonds is 6. The number of hydrogen-bond acceptors (Lipinski definition) is 3. The van der Waals surface area contributed by atoms with Gasteiger partial charge in [0.05, 0.1) is 0 Å². The zero-order valence-electron chi connectivity index (χ0n) is 32.1. The van der Waals surface area contributed by atoms with E-state index in [0.717, 1.165) is 51.5 Å². The Hall–Kier alpha value is -4.24. The molecule has 4 heteroatoms. The Labute approximate surface area is 343 Å². The van der Waals surface area contributed by atoms with E-state index in [1.54, 1.807) is 0 Å². The predicted octanol–water partition coefficient (Wildman–Crippen LogP) is 13.8. The average Bonchev–Trinajstić information content (AvgIpc) is 3.29. The van der Waals surface area contributed by atoms with Crippen molar-refractivity contribution in [1.82, 2.24) is 15.0 Å². The molecule has 3 aliphatic carbocycles. The third-order valence-electron chi connectivity index (χ3n) is 11.5. The van der Waals surface area contributed by atoms with Crippen LogP contribution in [0.15, 0.2) is 128 Å². The molecule has 0 atom stereocenters. The maximum atomic E-state index is 4.40. The van der Waals surface area contributed by atoms with Crippen molar-refractivity contribution in [3.05, 3.63) is 163 Å². The summed E-state index contributed by atoms with van der Waals surface area (Å²) in [6, 6.07) is 47.7. The number of benzene rings is 3. The van der Waals surface area contributed by atoms with Gasteiger partial charge in [-0.2, -0.15) is 0 Å². The first kappa shape index (κ1) is 40.4. The van der Waals surface area contributed by atoms with Crippen LogP contribution in [0.4, 0.5) is 0 Å². The summed E-state index contributed by atoms with van der Waals surface area (Å²) < 4.78 is 0. The van der Waals surface area contributed by atoms with Crippen molar-refractivity contribution in [3.63, 3.8) is 0 Å². The van der Waals surface area contributed by atoms with E-state index in [1.165, 1.54) is 113 Å². The molecule has 3 saturated carbocycles. The van der Waals surface area contributed by atoms with Gasteiger partial charge in [-0.25, -0.2) is 0 Å². The smallest absolute Gasteiger partial charge is 0.305 e. The van der Waals surface area contributed by atoms with E-state index in [-0.39, 0.29) is 20.1 Å². The van der Waals surface area contributed by atoms with Crippen molar-refractivity contribution in [3.8, 4) is 33.8 Å². The van der Waals surface area contributed by atoms with Gasteiger partial charge in [-0.3, -0.25) is 0 Å². The van der Waals surface area contributed by atoms with E-state index in [1.807, 2.05) is 73.2 Å². The van der Waals surface area contributed by atoms with Gasteiger partial charge in [0.2, 0.25) is 0 Å². The molecule has 3 aromatic carbocycles. The average molecular weight is 901 g/mol. The minimum atomic E-state index is 0. The molecule has 0 N–H and O–H groups in total. The van der Waals surface area contributed by atoms with Gasteiger partial charge < -0.3 is 15.0 Å². The van der Waals surface area contributed by atoms with Crippen LogP contribution in [0.2, 0.25) is 0 Å². The van der Waals surface area contributed by atoms with Crippen LogP contribution >= 0.6 is 0 Å². The van der Waals surface area contributed by atoms with Crippen molar-refractivity contribution >= 4 is 0 Å². The van der Waals surface area contributed by atoms with Crippen LogP contribution in [0.5, 0.6) is 0 Å². The summed E-state index contributed by atoms with van der Waals surface area (Å²) in [4.78, 5) is 13.2. The Morgan fingerprint density at radius 2 is 0.655 bits per heavy atom. The van der Waals surface area contributed by atoms with Gasteiger partial charge in [0.25, 0.3) is 0 Å². The molecule has 282 valence electrons. The van der Waals surface area contributed by atoms with Crippen molar-refractivity contribution in [2.75, 3.05) is 0 Å². The van der Waals surface area contributed by atoms with E-state index < -0.39 is 0 Å². The number of nitrogens with zero attached hydrogens (tertiary/aromatic N) is 3. The molecule has 0 bridgehead atoms. The molecule has 9 rings (SSSR count). The summed E-state index contributed by atoms with van der Waals surface area (Å²) in [5.74, 6) is 2.24. The fourth-order valence-electron chi connectivity index (χ4n) is 8.53. The molecule has 0 aliphatic heterocycles. The second kappa shape index (κ2) is 21.7. The molecule has 3 nitrogen and oxygen atoms in total. The Balaban J connectivity index is 0.000000139. The molecule has 55 heavy (non-hydrogen) atoms. The number of hydrogen-bond donors (Lipinski definition) is 0. The molecule has 0 saturated heterocycles. The fraction of sp³-hybridized carbons (Fsp3) is 0.353. The third-order valence-corrected chi connectivity index (χ3v) is 11.5. The first-order valence-corrected chi connectivity index (χ1v) is 20.6. The fourth-order valence-corrected chi connectivity index (χ4v) is 8.53. The quantitative estimate of drug-likeness (QED) is 0.156. The van der Waals surface area contributed by atoms with E-state index >= 15 is 0 Å². The topological polar surface area (TPSA) is 38.7 Å². The van der Waals surface area contributed by atoms with Crippen LogP contribution in [0.1, 0.15) is 131 Å². The molecule has 6 aromatic rings. The standard InChI is InChI=1S/3C17H18N.Ir/c3*1-2-7-14(8-3-1)15-9-6-10-16(13-15)17-11-4-5-12-18-17;/h3*4-6,9,11-14H,1-3,7-8H2;/q3*-1;+3. The monoisotopic (exact) mass is 901 g/mol. The Bertz CT molecular complexity index is 1730. The van der Waals surface area contributed by atoms with Crippen molar-refractivity contribution in [2.45, 2.75) is 114 Å². The molecule has 3 heterocycles. The third kappa shape index (κ3) is 11.9. The summed E-state index contributed by atoms with van der Waals surface area (Å²) in [7, 11) is 0. The first-order valence-electron chi connectivity index (χ1n) is 20.6. The van der Waals surface area contributed by atoms with E-state index in [9.17, 15) is 0 Å². The molecule has 0 spiro atoms. The maximum absolute atomic E-state index is 4.40. The molecule has 3 fully saturated rings. The SMILES string of the molecule is [Ir+3].[c-]1ccc(C2CCCCC2)cc1-c1ccccn1.[c-]1ccc(C2CCCCC2)cc1-c1ccccn1.[c-]1ccc(C2CCCCC2)cc1-c1ccccn1. The zero-order chi connectivity index (χ0) is 36.6. The Morgan fingerprint density at radius 1 is 0.364 bits per heavy atom. The minimum absolute atomic E-state index is 0. The number of aromatic nitrogens is 3. The largest absolute Gasteiger partial charge is 3.00 e. The Kier molecular flexibility index (Phi) is 16.0. The summed E-state index contributed by atoms with van der Waals surface area (Å²) in [5, 5.41) is 0. The molecule has 3 aliphatic rings. The first-order chi connectivity index (χ1) is 26.8. The van der Waals surface area contributed by atoms with Gasteiger partial charge in [-0.1, -0.05) is 94.2 Å². The molecular formula is C51H54IrN3. The zero-order valence-corrected chi connectivity index (χ0v) is 34.5. The van der Waals surface area contributed by atoms with Crippen LogP contribution in [-0.2, 0) is 20.1 Å². The van der Waals surface area contributed by atoms with Crippen molar-refractivity contribution < 1.29 is 20.1 Å². The van der Waals surface area contributed by atoms with Crippen LogP contribution < -0.4 is 0 Å². The minimum Gasteiger partial charge on any atom is -0.305 e. The predicted molar refractivity (Wildman–Crippen MR) is 223 cm³/mol. The molecular weight excluding hydrogens is 847 g/mol. The number of pyridine rings is 3. The summed E-state index contributed by atoms with van der Waals surface area (Å²) in [6.45, 7) is 0. The Morgan fingerprint density at radius 3 is 0.909 bits per heavy atom. The molecule has 3 aromatic heterocycles. The van der Waals surface area contributed by atoms with Gasteiger partial charge in [-0.05, 0) is 91.6 Å². The van der Waals surface area contributed by atoms with Crippen LogP contribution in [0, 0.1) is 18.2 Å². The maximum Gasteiger partial charge on any atom is 3.00 e. The second-order valence-corrected chi connectivity index (χ2v) is 15.3. The van der Waals surface area contributed by atoms with Crippen LogP contribution in [0.25, 0.3) is 33.8 Å². The van der Waals surface area contributed by atoms with Gasteiger partial charge >= 0.3 is 20.1 Å². The van der Waals surface area contributed by atoms with E-state index in [0.29, 0.717) is 0 Å². The van der Waals surface area contributed by atoms with Gasteiger partial charge in [0.1, 0.15) is 0 Å². The second-order valence-electron chi connectivity index (χ2n) is 15.3. The van der Waals surface area contributed by atoms with E-state index in [2.05, 4.69) is 87.7 Å². The van der Waals surface area contributed by atoms with Gasteiger partial charge in [-0.15, -0.1) is 106 Å². The van der Waals surface area contributed by atoms with Crippen LogP contribution in [-0.4, -0.2) is 15.0 Å². The summed E-state index contributed by atoms with van der Waals surface area (Å²) in [5.41, 5.74) is 10.8. The molecule has 0 radical (unpaired) electrons. The van der Waals surface area contributed by atoms with E-state index in [4.69, 9.17) is 0 Å². The molecule has 0 amide bonds. The van der Waals surface area contributed by atoms with Crippen molar-refractivity contribution in [1.29, 1.82) is 0 Å². The normalized spacial score (nSPS) is 16.4. The summed E-state index contributed by atoms with van der Waals surface area (Å²) in [6.07, 6.45) is 26.0. The summed E-state index contributed by atoms with van der Waals surface area (Å²) >= 11 is 0.